The molecule has 21 heavy (non-hydrogen) atoms. The Morgan fingerprint density at radius 3 is 1.95 bits per heavy atom. The van der Waals surface area contributed by atoms with Crippen LogP contribution in [-0.2, 0) is 0 Å². The molecule has 0 aromatic heterocycles. The van der Waals surface area contributed by atoms with Crippen LogP contribution in [0.25, 0.3) is 0 Å². The third-order valence-corrected chi connectivity index (χ3v) is 3.78. The van der Waals surface area contributed by atoms with Crippen molar-refractivity contribution in [3.63, 3.8) is 0 Å². The smallest absolute Gasteiger partial charge is 0.133 e. The largest absolute Gasteiger partial charge is 0.496 e. The Balaban J connectivity index is 2.53. The topological polar surface area (TPSA) is 29.5 Å². The Morgan fingerprint density at radius 1 is 1.05 bits per heavy atom. The van der Waals surface area contributed by atoms with Crippen molar-refractivity contribution in [3.8, 4) is 5.75 Å². The third kappa shape index (κ3) is 3.09. The van der Waals surface area contributed by atoms with E-state index in [0.29, 0.717) is 11.3 Å². The van der Waals surface area contributed by atoms with Gasteiger partial charge in [-0.2, -0.15) is 0 Å². The van der Waals surface area contributed by atoms with Crippen molar-refractivity contribution in [1.29, 1.82) is 0 Å². The lowest BCUT2D eigenvalue weighted by Crippen LogP contribution is -2.07. The highest BCUT2D eigenvalue weighted by Gasteiger charge is 2.22. The molecule has 0 amide bonds. The predicted molar refractivity (Wildman–Crippen MR) is 80.6 cm³/mol. The maximum absolute atomic E-state index is 13.9. The van der Waals surface area contributed by atoms with Gasteiger partial charge in [-0.05, 0) is 54.8 Å². The van der Waals surface area contributed by atoms with Crippen LogP contribution in [0.3, 0.4) is 0 Å². The monoisotopic (exact) mass is 356 g/mol. The van der Waals surface area contributed by atoms with Gasteiger partial charge >= 0.3 is 0 Å². The molecule has 0 aliphatic carbocycles. The Labute approximate surface area is 130 Å². The Bertz CT molecular complexity index is 640. The minimum atomic E-state index is -1.37. The van der Waals surface area contributed by atoms with Crippen molar-refractivity contribution in [2.45, 2.75) is 20.0 Å². The van der Waals surface area contributed by atoms with Crippen molar-refractivity contribution in [2.75, 3.05) is 7.11 Å². The second-order valence-corrected chi connectivity index (χ2v) is 5.79. The zero-order valence-electron chi connectivity index (χ0n) is 11.9. The average Bonchev–Trinajstić information content (AvgIpc) is 2.36. The van der Waals surface area contributed by atoms with E-state index < -0.39 is 17.7 Å². The van der Waals surface area contributed by atoms with Gasteiger partial charge in [0.15, 0.2) is 0 Å². The molecule has 0 bridgehead atoms. The fourth-order valence-electron chi connectivity index (χ4n) is 2.44. The van der Waals surface area contributed by atoms with E-state index in [-0.39, 0.29) is 10.0 Å². The normalized spacial score (nSPS) is 12.3. The maximum atomic E-state index is 13.9. The molecule has 0 fully saturated rings. The van der Waals surface area contributed by atoms with Crippen LogP contribution in [-0.4, -0.2) is 12.2 Å². The first-order valence-electron chi connectivity index (χ1n) is 6.32. The summed E-state index contributed by atoms with van der Waals surface area (Å²) in [6.45, 7) is 3.63. The Kier molecular flexibility index (Phi) is 4.64. The predicted octanol–water partition coefficient (Wildman–Crippen LogP) is 4.43. The third-order valence-electron chi connectivity index (χ3n) is 3.32. The first kappa shape index (κ1) is 15.9. The highest BCUT2D eigenvalue weighted by molar-refractivity contribution is 9.10. The molecule has 0 spiro atoms. The van der Waals surface area contributed by atoms with Gasteiger partial charge < -0.3 is 9.84 Å². The zero-order valence-corrected chi connectivity index (χ0v) is 13.5. The summed E-state index contributed by atoms with van der Waals surface area (Å²) >= 11 is 3.02. The van der Waals surface area contributed by atoms with Crippen molar-refractivity contribution >= 4 is 15.9 Å². The molecule has 112 valence electrons. The van der Waals surface area contributed by atoms with E-state index in [0.717, 1.165) is 23.3 Å². The summed E-state index contributed by atoms with van der Waals surface area (Å²) in [6, 6.07) is 5.59. The lowest BCUT2D eigenvalue weighted by Gasteiger charge is -2.17. The van der Waals surface area contributed by atoms with Gasteiger partial charge in [0, 0.05) is 4.47 Å². The Hall–Kier alpha value is -1.46. The molecule has 0 heterocycles. The first-order valence-corrected chi connectivity index (χ1v) is 7.12. The summed E-state index contributed by atoms with van der Waals surface area (Å²) in [4.78, 5) is 0. The molecule has 0 aliphatic rings. The number of rotatable bonds is 3. The molecule has 2 nitrogen and oxygen atoms in total. The van der Waals surface area contributed by atoms with Gasteiger partial charge in [-0.25, -0.2) is 8.78 Å². The molecule has 0 saturated carbocycles. The molecular formula is C16H15BrF2O2. The quantitative estimate of drug-likeness (QED) is 0.881. The molecule has 0 radical (unpaired) electrons. The summed E-state index contributed by atoms with van der Waals surface area (Å²) in [7, 11) is 1.56. The van der Waals surface area contributed by atoms with Gasteiger partial charge in [0.2, 0.25) is 0 Å². The number of ether oxygens (including phenoxy) is 1. The number of hydrogen-bond donors (Lipinski definition) is 1. The zero-order chi connectivity index (χ0) is 15.7. The number of hydrogen-bond acceptors (Lipinski definition) is 2. The molecule has 2 aromatic rings. The number of aryl methyl sites for hydroxylation is 2. The van der Waals surface area contributed by atoms with Crippen molar-refractivity contribution in [2.24, 2.45) is 0 Å². The van der Waals surface area contributed by atoms with E-state index in [9.17, 15) is 13.9 Å². The number of halogens is 3. The lowest BCUT2D eigenvalue weighted by atomic mass is 9.96. The van der Waals surface area contributed by atoms with E-state index in [1.807, 2.05) is 13.8 Å². The van der Waals surface area contributed by atoms with E-state index in [4.69, 9.17) is 4.74 Å². The standard InChI is InChI=1S/C16H15BrF2O2/c1-8-4-10(5-9(2)16(8)21-3)15(20)14-12(18)6-11(17)7-13(14)19/h4-7,15,20H,1-3H3. The summed E-state index contributed by atoms with van der Waals surface area (Å²) < 4.78 is 33.4. The van der Waals surface area contributed by atoms with Crippen LogP contribution in [0.2, 0.25) is 0 Å². The van der Waals surface area contributed by atoms with Crippen LogP contribution in [0.15, 0.2) is 28.7 Å². The minimum absolute atomic E-state index is 0.288. The summed E-state index contributed by atoms with van der Waals surface area (Å²) in [5.41, 5.74) is 1.65. The Morgan fingerprint density at radius 2 is 1.52 bits per heavy atom. The molecule has 1 unspecified atom stereocenters. The van der Waals surface area contributed by atoms with E-state index in [1.54, 1.807) is 19.2 Å². The molecule has 0 aliphatic heterocycles. The van der Waals surface area contributed by atoms with Crippen LogP contribution >= 0.6 is 15.9 Å². The van der Waals surface area contributed by atoms with Gasteiger partial charge in [0.05, 0.1) is 12.7 Å². The van der Waals surface area contributed by atoms with Gasteiger partial charge in [0.1, 0.15) is 23.5 Å². The molecule has 2 aromatic carbocycles. The number of benzene rings is 2. The highest BCUT2D eigenvalue weighted by Crippen LogP contribution is 2.33. The van der Waals surface area contributed by atoms with E-state index >= 15 is 0 Å². The second-order valence-electron chi connectivity index (χ2n) is 4.87. The van der Waals surface area contributed by atoms with E-state index in [1.165, 1.54) is 0 Å². The first-order chi connectivity index (χ1) is 9.85. The minimum Gasteiger partial charge on any atom is -0.496 e. The molecule has 5 heteroatoms. The summed E-state index contributed by atoms with van der Waals surface area (Å²) in [5.74, 6) is -0.885. The fourth-order valence-corrected chi connectivity index (χ4v) is 2.85. The maximum Gasteiger partial charge on any atom is 0.133 e. The molecule has 0 saturated heterocycles. The van der Waals surface area contributed by atoms with Gasteiger partial charge in [-0.3, -0.25) is 0 Å². The summed E-state index contributed by atoms with van der Waals surface area (Å²) in [6.07, 6.45) is -1.37. The van der Waals surface area contributed by atoms with Crippen LogP contribution in [0.1, 0.15) is 28.4 Å². The van der Waals surface area contributed by atoms with Crippen LogP contribution in [0, 0.1) is 25.5 Å². The molecule has 2 rings (SSSR count). The number of aliphatic hydroxyl groups excluding tert-OH is 1. The number of methoxy groups -OCH3 is 1. The number of aliphatic hydroxyl groups is 1. The molecular weight excluding hydrogens is 342 g/mol. The van der Waals surface area contributed by atoms with Gasteiger partial charge in [0.25, 0.3) is 0 Å². The van der Waals surface area contributed by atoms with E-state index in [2.05, 4.69) is 15.9 Å². The second kappa shape index (κ2) is 6.12. The fraction of sp³-hybridized carbons (Fsp3) is 0.250. The van der Waals surface area contributed by atoms with Crippen molar-refractivity contribution in [3.05, 3.63) is 62.6 Å². The lowest BCUT2D eigenvalue weighted by molar-refractivity contribution is 0.208. The molecule has 1 N–H and O–H groups in total. The van der Waals surface area contributed by atoms with Crippen LogP contribution in [0.4, 0.5) is 8.78 Å². The molecule has 1 atom stereocenters. The highest BCUT2D eigenvalue weighted by atomic mass is 79.9. The SMILES string of the molecule is COc1c(C)cc(C(O)c2c(F)cc(Br)cc2F)cc1C. The van der Waals surface area contributed by atoms with Crippen molar-refractivity contribution < 1.29 is 18.6 Å². The van der Waals surface area contributed by atoms with Crippen LogP contribution in [0.5, 0.6) is 5.75 Å². The van der Waals surface area contributed by atoms with Gasteiger partial charge in [-0.1, -0.05) is 15.9 Å². The van der Waals surface area contributed by atoms with Crippen LogP contribution < -0.4 is 4.74 Å². The van der Waals surface area contributed by atoms with Gasteiger partial charge in [-0.15, -0.1) is 0 Å². The summed E-state index contributed by atoms with van der Waals surface area (Å²) in [5, 5.41) is 10.3. The van der Waals surface area contributed by atoms with Crippen molar-refractivity contribution in [1.82, 2.24) is 0 Å². The average molecular weight is 357 g/mol.